The molecule has 21 heavy (non-hydrogen) atoms. The minimum Gasteiger partial charge on any atom is -0.493 e. The van der Waals surface area contributed by atoms with Crippen LogP contribution in [0, 0.1) is 0 Å². The van der Waals surface area contributed by atoms with Crippen molar-refractivity contribution in [2.45, 2.75) is 31.6 Å². The van der Waals surface area contributed by atoms with Crippen molar-refractivity contribution >= 4 is 5.78 Å². The number of benzene rings is 2. The highest BCUT2D eigenvalue weighted by atomic mass is 16.5. The summed E-state index contributed by atoms with van der Waals surface area (Å²) < 4.78 is 5.49. The van der Waals surface area contributed by atoms with E-state index in [1.54, 1.807) is 0 Å². The summed E-state index contributed by atoms with van der Waals surface area (Å²) in [5.41, 5.74) is 4.06. The van der Waals surface area contributed by atoms with E-state index in [4.69, 9.17) is 4.74 Å². The molecular formula is C19H18O2. The van der Waals surface area contributed by atoms with Crippen LogP contribution in [-0.4, -0.2) is 12.4 Å². The number of ketones is 1. The lowest BCUT2D eigenvalue weighted by Crippen LogP contribution is -2.09. The summed E-state index contributed by atoms with van der Waals surface area (Å²) in [6.07, 6.45) is 4.82. The number of fused-ring (bicyclic) bond motifs is 1. The number of hydrogen-bond acceptors (Lipinski definition) is 2. The molecule has 1 saturated carbocycles. The Morgan fingerprint density at radius 2 is 1.76 bits per heavy atom. The Balaban J connectivity index is 1.59. The summed E-state index contributed by atoms with van der Waals surface area (Å²) in [5, 5.41) is 0. The Morgan fingerprint density at radius 3 is 2.48 bits per heavy atom. The Morgan fingerprint density at radius 1 is 1.00 bits per heavy atom. The monoisotopic (exact) mass is 278 g/mol. The van der Waals surface area contributed by atoms with Crippen LogP contribution in [0.1, 0.15) is 52.2 Å². The summed E-state index contributed by atoms with van der Waals surface area (Å²) in [6.45, 7) is 0.725. The predicted octanol–water partition coefficient (Wildman–Crippen LogP) is 4.12. The third kappa shape index (κ3) is 2.25. The second-order valence-electron chi connectivity index (χ2n) is 6.00. The van der Waals surface area contributed by atoms with Gasteiger partial charge in [-0.3, -0.25) is 4.79 Å². The van der Waals surface area contributed by atoms with Crippen molar-refractivity contribution in [2.75, 3.05) is 6.61 Å². The Hall–Kier alpha value is -2.09. The molecule has 0 spiro atoms. The zero-order chi connectivity index (χ0) is 14.2. The van der Waals surface area contributed by atoms with Crippen LogP contribution >= 0.6 is 0 Å². The van der Waals surface area contributed by atoms with Crippen LogP contribution in [0.25, 0.3) is 0 Å². The van der Waals surface area contributed by atoms with Gasteiger partial charge in [0.25, 0.3) is 0 Å². The van der Waals surface area contributed by atoms with E-state index < -0.39 is 0 Å². The van der Waals surface area contributed by atoms with E-state index in [9.17, 15) is 4.79 Å². The molecule has 0 bridgehead atoms. The number of rotatable bonds is 3. The molecule has 0 amide bonds. The first-order valence-electron chi connectivity index (χ1n) is 7.72. The number of carbonyl (C=O) groups is 1. The number of hydrogen-bond donors (Lipinski definition) is 0. The van der Waals surface area contributed by atoms with Crippen LogP contribution in [0.15, 0.2) is 42.5 Å². The van der Waals surface area contributed by atoms with E-state index in [-0.39, 0.29) is 5.78 Å². The first-order valence-corrected chi connectivity index (χ1v) is 7.72. The molecule has 0 unspecified atom stereocenters. The van der Waals surface area contributed by atoms with Crippen molar-refractivity contribution in [1.82, 2.24) is 0 Å². The normalized spacial score (nSPS) is 17.0. The Kier molecular flexibility index (Phi) is 3.03. The van der Waals surface area contributed by atoms with Crippen molar-refractivity contribution in [3.63, 3.8) is 0 Å². The first-order chi connectivity index (χ1) is 10.3. The second-order valence-corrected chi connectivity index (χ2v) is 6.00. The van der Waals surface area contributed by atoms with Gasteiger partial charge in [0.05, 0.1) is 6.61 Å². The molecule has 2 aromatic carbocycles. The Bertz CT molecular complexity index is 681. The average Bonchev–Trinajstić information content (AvgIpc) is 2.93. The molecule has 1 aliphatic carbocycles. The van der Waals surface area contributed by atoms with Gasteiger partial charge in [-0.15, -0.1) is 0 Å². The van der Waals surface area contributed by atoms with Gasteiger partial charge >= 0.3 is 0 Å². The zero-order valence-corrected chi connectivity index (χ0v) is 12.0. The van der Waals surface area contributed by atoms with Gasteiger partial charge in [-0.05, 0) is 48.1 Å². The molecule has 1 fully saturated rings. The number of ether oxygens (including phenoxy) is 1. The van der Waals surface area contributed by atoms with E-state index >= 15 is 0 Å². The first kappa shape index (κ1) is 12.6. The highest BCUT2D eigenvalue weighted by molar-refractivity contribution is 6.09. The van der Waals surface area contributed by atoms with Gasteiger partial charge in [-0.1, -0.05) is 30.7 Å². The van der Waals surface area contributed by atoms with E-state index in [0.29, 0.717) is 5.92 Å². The molecule has 0 saturated heterocycles. The second kappa shape index (κ2) is 5.03. The van der Waals surface area contributed by atoms with Gasteiger partial charge in [-0.25, -0.2) is 0 Å². The van der Waals surface area contributed by atoms with Crippen molar-refractivity contribution < 1.29 is 9.53 Å². The van der Waals surface area contributed by atoms with E-state index in [2.05, 4.69) is 12.1 Å². The molecule has 1 heterocycles. The lowest BCUT2D eigenvalue weighted by Gasteiger charge is -2.25. The minimum absolute atomic E-state index is 0.102. The summed E-state index contributed by atoms with van der Waals surface area (Å²) >= 11 is 0. The van der Waals surface area contributed by atoms with Gasteiger partial charge in [0.15, 0.2) is 5.78 Å². The van der Waals surface area contributed by atoms with Gasteiger partial charge in [-0.2, -0.15) is 0 Å². The summed E-state index contributed by atoms with van der Waals surface area (Å²) in [5.74, 6) is 1.74. The van der Waals surface area contributed by atoms with Crippen LogP contribution in [0.4, 0.5) is 0 Å². The highest BCUT2D eigenvalue weighted by Gasteiger charge is 2.20. The SMILES string of the molecule is O=C(c1ccc(C2CCC2)cc1)c1ccc2c(c1)CCO2. The van der Waals surface area contributed by atoms with Gasteiger partial charge < -0.3 is 4.74 Å². The topological polar surface area (TPSA) is 26.3 Å². The molecule has 2 aromatic rings. The lowest BCUT2D eigenvalue weighted by molar-refractivity contribution is 0.103. The van der Waals surface area contributed by atoms with Crippen LogP contribution in [0.5, 0.6) is 5.75 Å². The van der Waals surface area contributed by atoms with Crippen LogP contribution in [-0.2, 0) is 6.42 Å². The van der Waals surface area contributed by atoms with Gasteiger partial charge in [0, 0.05) is 17.5 Å². The fourth-order valence-electron chi connectivity index (χ4n) is 3.14. The molecule has 0 atom stereocenters. The largest absolute Gasteiger partial charge is 0.493 e. The molecule has 2 heteroatoms. The maximum atomic E-state index is 12.6. The van der Waals surface area contributed by atoms with E-state index in [1.807, 2.05) is 30.3 Å². The van der Waals surface area contributed by atoms with Crippen LogP contribution < -0.4 is 4.74 Å². The summed E-state index contributed by atoms with van der Waals surface area (Å²) in [7, 11) is 0. The van der Waals surface area contributed by atoms with E-state index in [0.717, 1.165) is 35.5 Å². The van der Waals surface area contributed by atoms with Crippen molar-refractivity contribution in [2.24, 2.45) is 0 Å². The molecule has 2 aliphatic rings. The molecular weight excluding hydrogens is 260 g/mol. The maximum Gasteiger partial charge on any atom is 0.193 e. The maximum absolute atomic E-state index is 12.6. The van der Waals surface area contributed by atoms with Crippen molar-refractivity contribution in [1.29, 1.82) is 0 Å². The summed E-state index contributed by atoms with van der Waals surface area (Å²) in [4.78, 5) is 12.6. The third-order valence-corrected chi connectivity index (χ3v) is 4.70. The minimum atomic E-state index is 0.102. The quantitative estimate of drug-likeness (QED) is 0.789. The molecule has 0 radical (unpaired) electrons. The summed E-state index contributed by atoms with van der Waals surface area (Å²) in [6, 6.07) is 13.9. The van der Waals surface area contributed by atoms with Crippen LogP contribution in [0.2, 0.25) is 0 Å². The van der Waals surface area contributed by atoms with Gasteiger partial charge in [0.2, 0.25) is 0 Å². The van der Waals surface area contributed by atoms with E-state index in [1.165, 1.54) is 24.8 Å². The molecule has 0 aromatic heterocycles. The average molecular weight is 278 g/mol. The fraction of sp³-hybridized carbons (Fsp3) is 0.316. The standard InChI is InChI=1S/C19H18O2/c20-19(17-8-9-18-16(12-17)10-11-21-18)15-6-4-14(5-7-15)13-2-1-3-13/h4-9,12-13H,1-3,10-11H2. The molecule has 0 N–H and O–H groups in total. The van der Waals surface area contributed by atoms with Gasteiger partial charge in [0.1, 0.15) is 5.75 Å². The lowest BCUT2D eigenvalue weighted by atomic mass is 9.80. The zero-order valence-electron chi connectivity index (χ0n) is 12.0. The Labute approximate surface area is 124 Å². The molecule has 106 valence electrons. The smallest absolute Gasteiger partial charge is 0.193 e. The van der Waals surface area contributed by atoms with Crippen molar-refractivity contribution in [3.8, 4) is 5.75 Å². The molecule has 2 nitrogen and oxygen atoms in total. The number of carbonyl (C=O) groups excluding carboxylic acids is 1. The third-order valence-electron chi connectivity index (χ3n) is 4.70. The molecule has 1 aliphatic heterocycles. The van der Waals surface area contributed by atoms with Crippen molar-refractivity contribution in [3.05, 3.63) is 64.7 Å². The fourth-order valence-corrected chi connectivity index (χ4v) is 3.14. The van der Waals surface area contributed by atoms with Crippen LogP contribution in [0.3, 0.4) is 0 Å². The molecule has 4 rings (SSSR count). The predicted molar refractivity (Wildman–Crippen MR) is 82.1 cm³/mol. The highest BCUT2D eigenvalue weighted by Crippen LogP contribution is 2.36.